The van der Waals surface area contributed by atoms with Crippen molar-refractivity contribution in [3.8, 4) is 11.5 Å². The SMILES string of the molecule is COc1ccc2c(c1)OC(c1nccs1)CC2=O. The van der Waals surface area contributed by atoms with E-state index in [1.165, 1.54) is 11.3 Å². The molecule has 0 aliphatic carbocycles. The zero-order chi connectivity index (χ0) is 12.5. The predicted molar refractivity (Wildman–Crippen MR) is 67.4 cm³/mol. The summed E-state index contributed by atoms with van der Waals surface area (Å²) in [5, 5.41) is 2.71. The van der Waals surface area contributed by atoms with Gasteiger partial charge in [0.2, 0.25) is 0 Å². The van der Waals surface area contributed by atoms with E-state index in [4.69, 9.17) is 9.47 Å². The third-order valence-electron chi connectivity index (χ3n) is 2.86. The molecule has 92 valence electrons. The standard InChI is InChI=1S/C13H11NO3S/c1-16-8-2-3-9-10(15)7-12(17-11(9)6-8)13-14-4-5-18-13/h2-6,12H,7H2,1H3. The second-order valence-electron chi connectivity index (χ2n) is 3.97. The first-order valence-corrected chi connectivity index (χ1v) is 6.43. The zero-order valence-electron chi connectivity index (χ0n) is 9.75. The number of carbonyl (C=O) groups is 1. The normalized spacial score (nSPS) is 18.1. The van der Waals surface area contributed by atoms with Crippen LogP contribution in [0.2, 0.25) is 0 Å². The Balaban J connectivity index is 1.97. The minimum Gasteiger partial charge on any atom is -0.497 e. The Hall–Kier alpha value is -1.88. The number of aromatic nitrogens is 1. The third-order valence-corrected chi connectivity index (χ3v) is 3.72. The molecule has 1 aromatic carbocycles. The Morgan fingerprint density at radius 2 is 2.39 bits per heavy atom. The number of rotatable bonds is 2. The molecule has 0 radical (unpaired) electrons. The molecule has 0 bridgehead atoms. The maximum atomic E-state index is 12.0. The van der Waals surface area contributed by atoms with Gasteiger partial charge in [-0.05, 0) is 12.1 Å². The molecule has 18 heavy (non-hydrogen) atoms. The van der Waals surface area contributed by atoms with E-state index >= 15 is 0 Å². The van der Waals surface area contributed by atoms with E-state index in [2.05, 4.69) is 4.98 Å². The largest absolute Gasteiger partial charge is 0.497 e. The van der Waals surface area contributed by atoms with Crippen molar-refractivity contribution in [2.75, 3.05) is 7.11 Å². The molecule has 1 aliphatic heterocycles. The van der Waals surface area contributed by atoms with Crippen molar-refractivity contribution in [3.63, 3.8) is 0 Å². The van der Waals surface area contributed by atoms with Gasteiger partial charge in [0.1, 0.15) is 16.5 Å². The first-order chi connectivity index (χ1) is 8.78. The Morgan fingerprint density at radius 3 is 3.11 bits per heavy atom. The summed E-state index contributed by atoms with van der Waals surface area (Å²) >= 11 is 1.50. The molecule has 0 fully saturated rings. The number of fused-ring (bicyclic) bond motifs is 1. The molecule has 1 aliphatic rings. The molecular weight excluding hydrogens is 250 g/mol. The molecule has 5 heteroatoms. The number of hydrogen-bond donors (Lipinski definition) is 0. The smallest absolute Gasteiger partial charge is 0.170 e. The minimum absolute atomic E-state index is 0.0825. The number of ether oxygens (including phenoxy) is 2. The van der Waals surface area contributed by atoms with E-state index in [-0.39, 0.29) is 11.9 Å². The molecule has 0 N–H and O–H groups in total. The maximum Gasteiger partial charge on any atom is 0.170 e. The highest BCUT2D eigenvalue weighted by Gasteiger charge is 2.29. The number of thiazole rings is 1. The van der Waals surface area contributed by atoms with Crippen molar-refractivity contribution in [2.45, 2.75) is 12.5 Å². The molecular formula is C13H11NO3S. The summed E-state index contributed by atoms with van der Waals surface area (Å²) in [6.45, 7) is 0. The van der Waals surface area contributed by atoms with Crippen LogP contribution in [0.25, 0.3) is 0 Å². The molecule has 2 aromatic rings. The summed E-state index contributed by atoms with van der Waals surface area (Å²) in [5.41, 5.74) is 0.614. The Kier molecular flexibility index (Phi) is 2.76. The summed E-state index contributed by atoms with van der Waals surface area (Å²) in [5.74, 6) is 1.34. The first-order valence-electron chi connectivity index (χ1n) is 5.55. The van der Waals surface area contributed by atoms with Gasteiger partial charge in [-0.25, -0.2) is 4.98 Å². The lowest BCUT2D eigenvalue weighted by atomic mass is 10.0. The molecule has 2 heterocycles. The zero-order valence-corrected chi connectivity index (χ0v) is 10.6. The van der Waals surface area contributed by atoms with Crippen molar-refractivity contribution in [3.05, 3.63) is 40.3 Å². The van der Waals surface area contributed by atoms with Crippen LogP contribution in [0.1, 0.15) is 27.9 Å². The Bertz CT molecular complexity index is 580. The van der Waals surface area contributed by atoms with Gasteiger partial charge in [-0.15, -0.1) is 11.3 Å². The first kappa shape index (κ1) is 11.2. The van der Waals surface area contributed by atoms with Crippen LogP contribution in [-0.4, -0.2) is 17.9 Å². The summed E-state index contributed by atoms with van der Waals surface area (Å²) in [7, 11) is 1.59. The molecule has 4 nitrogen and oxygen atoms in total. The lowest BCUT2D eigenvalue weighted by molar-refractivity contribution is 0.0849. The average molecular weight is 261 g/mol. The summed E-state index contributed by atoms with van der Waals surface area (Å²) in [4.78, 5) is 16.2. The topological polar surface area (TPSA) is 48.4 Å². The van der Waals surface area contributed by atoms with Crippen LogP contribution >= 0.6 is 11.3 Å². The highest BCUT2D eigenvalue weighted by Crippen LogP contribution is 2.37. The van der Waals surface area contributed by atoms with Crippen molar-refractivity contribution >= 4 is 17.1 Å². The molecule has 0 amide bonds. The fraction of sp³-hybridized carbons (Fsp3) is 0.231. The number of nitrogens with zero attached hydrogens (tertiary/aromatic N) is 1. The van der Waals surface area contributed by atoms with Crippen molar-refractivity contribution in [1.82, 2.24) is 4.98 Å². The average Bonchev–Trinajstić information content (AvgIpc) is 2.91. The molecule has 1 aromatic heterocycles. The van der Waals surface area contributed by atoms with E-state index in [0.717, 1.165) is 5.01 Å². The number of carbonyl (C=O) groups excluding carboxylic acids is 1. The number of benzene rings is 1. The van der Waals surface area contributed by atoms with E-state index in [1.54, 1.807) is 31.5 Å². The summed E-state index contributed by atoms with van der Waals surface area (Å²) in [6, 6.07) is 5.26. The van der Waals surface area contributed by atoms with Gasteiger partial charge in [0.25, 0.3) is 0 Å². The minimum atomic E-state index is -0.280. The number of hydrogen-bond acceptors (Lipinski definition) is 5. The highest BCUT2D eigenvalue weighted by molar-refractivity contribution is 7.09. The van der Waals surface area contributed by atoms with Gasteiger partial charge in [-0.3, -0.25) is 4.79 Å². The van der Waals surface area contributed by atoms with Crippen LogP contribution in [-0.2, 0) is 0 Å². The van der Waals surface area contributed by atoms with E-state index in [1.807, 2.05) is 5.38 Å². The van der Waals surface area contributed by atoms with E-state index < -0.39 is 0 Å². The monoisotopic (exact) mass is 261 g/mol. The maximum absolute atomic E-state index is 12.0. The molecule has 0 saturated heterocycles. The third kappa shape index (κ3) is 1.86. The van der Waals surface area contributed by atoms with Crippen LogP contribution < -0.4 is 9.47 Å². The molecule has 1 atom stereocenters. The second kappa shape index (κ2) is 4.42. The van der Waals surface area contributed by atoms with Crippen LogP contribution in [0.15, 0.2) is 29.8 Å². The molecule has 1 unspecified atom stereocenters. The predicted octanol–water partition coefficient (Wildman–Crippen LogP) is 2.86. The van der Waals surface area contributed by atoms with Gasteiger partial charge in [0.05, 0.1) is 19.1 Å². The second-order valence-corrected chi connectivity index (χ2v) is 4.89. The van der Waals surface area contributed by atoms with Gasteiger partial charge >= 0.3 is 0 Å². The lowest BCUT2D eigenvalue weighted by Gasteiger charge is -2.23. The lowest BCUT2D eigenvalue weighted by Crippen LogP contribution is -2.20. The molecule has 3 rings (SSSR count). The molecule has 0 saturated carbocycles. The van der Waals surface area contributed by atoms with E-state index in [9.17, 15) is 4.79 Å². The fourth-order valence-corrected chi connectivity index (χ4v) is 2.63. The highest BCUT2D eigenvalue weighted by atomic mass is 32.1. The summed E-state index contributed by atoms with van der Waals surface area (Å²) < 4.78 is 11.0. The van der Waals surface area contributed by atoms with Crippen molar-refractivity contribution < 1.29 is 14.3 Å². The van der Waals surface area contributed by atoms with Crippen LogP contribution in [0, 0.1) is 0 Å². The van der Waals surface area contributed by atoms with Crippen LogP contribution in [0.5, 0.6) is 11.5 Å². The number of Topliss-reactive ketones (excluding diaryl/α,β-unsaturated/α-hetero) is 1. The van der Waals surface area contributed by atoms with Crippen molar-refractivity contribution in [1.29, 1.82) is 0 Å². The summed E-state index contributed by atoms with van der Waals surface area (Å²) in [6.07, 6.45) is 1.78. The van der Waals surface area contributed by atoms with Gasteiger partial charge in [-0.1, -0.05) is 0 Å². The van der Waals surface area contributed by atoms with Gasteiger partial charge in [0.15, 0.2) is 11.9 Å². The van der Waals surface area contributed by atoms with Crippen LogP contribution in [0.4, 0.5) is 0 Å². The van der Waals surface area contributed by atoms with Crippen molar-refractivity contribution in [2.24, 2.45) is 0 Å². The number of methoxy groups -OCH3 is 1. The number of ketones is 1. The van der Waals surface area contributed by atoms with Gasteiger partial charge in [-0.2, -0.15) is 0 Å². The van der Waals surface area contributed by atoms with Gasteiger partial charge < -0.3 is 9.47 Å². The Morgan fingerprint density at radius 1 is 1.50 bits per heavy atom. The van der Waals surface area contributed by atoms with Gasteiger partial charge in [0, 0.05) is 17.6 Å². The Labute approximate surface area is 108 Å². The quantitative estimate of drug-likeness (QED) is 0.834. The van der Waals surface area contributed by atoms with Crippen LogP contribution in [0.3, 0.4) is 0 Å². The fourth-order valence-electron chi connectivity index (χ4n) is 1.96. The molecule has 0 spiro atoms. The van der Waals surface area contributed by atoms with E-state index in [0.29, 0.717) is 23.5 Å².